The molecule has 1 saturated heterocycles. The Hall–Kier alpha value is -1.71. The van der Waals surface area contributed by atoms with Gasteiger partial charge in [-0.15, -0.1) is 0 Å². The van der Waals surface area contributed by atoms with E-state index in [1.54, 1.807) is 0 Å². The lowest BCUT2D eigenvalue weighted by molar-refractivity contribution is -0.202. The first-order valence-electron chi connectivity index (χ1n) is 12.2. The summed E-state index contributed by atoms with van der Waals surface area (Å²) in [5, 5.41) is 23.7. The maximum Gasteiger partial charge on any atom is 0.311 e. The number of hydrogen-bond donors (Lipinski definition) is 2. The lowest BCUT2D eigenvalue weighted by Crippen LogP contribution is -2.60. The van der Waals surface area contributed by atoms with Gasteiger partial charge < -0.3 is 29.2 Å². The van der Waals surface area contributed by atoms with Gasteiger partial charge >= 0.3 is 17.9 Å². The van der Waals surface area contributed by atoms with Gasteiger partial charge in [0.1, 0.15) is 12.7 Å². The zero-order valence-electron chi connectivity index (χ0n) is 20.7. The first kappa shape index (κ1) is 25.4. The van der Waals surface area contributed by atoms with E-state index in [9.17, 15) is 24.6 Å². The Labute approximate surface area is 200 Å². The van der Waals surface area contributed by atoms with Gasteiger partial charge in [0, 0.05) is 31.3 Å². The predicted octanol–water partition coefficient (Wildman–Crippen LogP) is 1.47. The summed E-state index contributed by atoms with van der Waals surface area (Å²) in [6, 6.07) is 0. The largest absolute Gasteiger partial charge is 0.469 e. The monoisotopic (exact) mass is 482 g/mol. The van der Waals surface area contributed by atoms with E-state index in [2.05, 4.69) is 13.8 Å². The Morgan fingerprint density at radius 3 is 2.53 bits per heavy atom. The van der Waals surface area contributed by atoms with E-state index in [0.717, 1.165) is 6.42 Å². The number of rotatable bonds is 5. The number of aliphatic hydroxyl groups is 2. The first-order chi connectivity index (χ1) is 15.9. The van der Waals surface area contributed by atoms with Crippen LogP contribution in [0.4, 0.5) is 0 Å². The third-order valence-electron chi connectivity index (χ3n) is 9.43. The van der Waals surface area contributed by atoms with Crippen LogP contribution in [-0.4, -0.2) is 73.9 Å². The van der Waals surface area contributed by atoms with Crippen molar-refractivity contribution in [1.82, 2.24) is 0 Å². The van der Waals surface area contributed by atoms with E-state index in [4.69, 9.17) is 18.9 Å². The fourth-order valence-electron chi connectivity index (χ4n) is 8.52. The predicted molar refractivity (Wildman–Crippen MR) is 118 cm³/mol. The Kier molecular flexibility index (Phi) is 6.53. The second-order valence-electron chi connectivity index (χ2n) is 11.6. The summed E-state index contributed by atoms with van der Waals surface area (Å²) < 4.78 is 21.9. The van der Waals surface area contributed by atoms with Crippen molar-refractivity contribution in [2.75, 3.05) is 27.4 Å². The van der Waals surface area contributed by atoms with E-state index in [0.29, 0.717) is 12.8 Å². The van der Waals surface area contributed by atoms with Crippen LogP contribution < -0.4 is 0 Å². The fourth-order valence-corrected chi connectivity index (χ4v) is 8.52. The van der Waals surface area contributed by atoms with Crippen molar-refractivity contribution in [3.8, 4) is 0 Å². The van der Waals surface area contributed by atoms with Gasteiger partial charge in [0.15, 0.2) is 0 Å². The highest BCUT2D eigenvalue weighted by molar-refractivity contribution is 5.73. The maximum absolute atomic E-state index is 12.9. The number of cyclic esters (lactones) is 1. The van der Waals surface area contributed by atoms with E-state index >= 15 is 0 Å². The topological polar surface area (TPSA) is 129 Å². The highest BCUT2D eigenvalue weighted by Gasteiger charge is 2.78. The van der Waals surface area contributed by atoms with Gasteiger partial charge in [-0.05, 0) is 37.0 Å². The highest BCUT2D eigenvalue weighted by atomic mass is 16.6. The second kappa shape index (κ2) is 8.75. The zero-order valence-corrected chi connectivity index (χ0v) is 20.7. The molecule has 0 aromatic carbocycles. The van der Waals surface area contributed by atoms with Crippen LogP contribution in [-0.2, 0) is 33.3 Å². The number of esters is 3. The quantitative estimate of drug-likeness (QED) is 0.442. The molecule has 9 nitrogen and oxygen atoms in total. The summed E-state index contributed by atoms with van der Waals surface area (Å²) in [7, 11) is 2.81. The molecule has 2 N–H and O–H groups in total. The smallest absolute Gasteiger partial charge is 0.311 e. The summed E-state index contributed by atoms with van der Waals surface area (Å²) >= 11 is 0. The van der Waals surface area contributed by atoms with Crippen LogP contribution in [0.1, 0.15) is 52.9 Å². The number of aliphatic hydroxyl groups excluding tert-OH is 2. The molecule has 4 rings (SSSR count). The molecule has 1 heterocycles. The van der Waals surface area contributed by atoms with Crippen LogP contribution in [0.15, 0.2) is 0 Å². The molecule has 3 saturated carbocycles. The molecule has 192 valence electrons. The van der Waals surface area contributed by atoms with Crippen LogP contribution in [0, 0.1) is 39.9 Å². The van der Waals surface area contributed by atoms with Crippen molar-refractivity contribution in [2.45, 2.75) is 71.2 Å². The Morgan fingerprint density at radius 2 is 1.91 bits per heavy atom. The maximum atomic E-state index is 12.9. The fraction of sp³-hybridized carbons (Fsp3) is 0.880. The molecule has 9 heteroatoms. The summed E-state index contributed by atoms with van der Waals surface area (Å²) in [5.74, 6) is -3.19. The van der Waals surface area contributed by atoms with Gasteiger partial charge in [-0.25, -0.2) is 0 Å². The second-order valence-corrected chi connectivity index (χ2v) is 11.6. The number of carbonyl (C=O) groups excluding carboxylic acids is 3. The van der Waals surface area contributed by atoms with Crippen LogP contribution in [0.2, 0.25) is 0 Å². The lowest BCUT2D eigenvalue weighted by atomic mass is 9.50. The molecule has 4 aliphatic rings. The van der Waals surface area contributed by atoms with Gasteiger partial charge in [0.05, 0.1) is 43.7 Å². The summed E-state index contributed by atoms with van der Waals surface area (Å²) in [5.41, 5.74) is -2.26. The Morgan fingerprint density at radius 1 is 1.21 bits per heavy atom. The van der Waals surface area contributed by atoms with Gasteiger partial charge in [-0.1, -0.05) is 13.8 Å². The molecule has 0 radical (unpaired) electrons. The first-order valence-corrected chi connectivity index (χ1v) is 12.2. The minimum absolute atomic E-state index is 0.0123. The van der Waals surface area contributed by atoms with Gasteiger partial charge in [-0.3, -0.25) is 14.4 Å². The van der Waals surface area contributed by atoms with Crippen LogP contribution in [0.25, 0.3) is 0 Å². The molecule has 3 aliphatic carbocycles. The number of hydrogen-bond acceptors (Lipinski definition) is 9. The standard InChI is InChI=1S/C25H38O9/c1-13(26)34-17-6-7-23(2,3)20-21(29)24-9-14(15(11-31-4)22(30)32-5)8-16(27)19(24)25(17,20)12-33-18(28)10-24/h14-17,19-21,27,29H,6-12H2,1-5H3/t14-,15-,16+,17+,19?,20-,21+,24+,25+/m1/s1. The number of ether oxygens (including phenoxy) is 4. The van der Waals surface area contributed by atoms with Crippen LogP contribution >= 0.6 is 0 Å². The molecule has 34 heavy (non-hydrogen) atoms. The molecular formula is C25H38O9. The van der Waals surface area contributed by atoms with Crippen molar-refractivity contribution in [2.24, 2.45) is 39.9 Å². The third-order valence-corrected chi connectivity index (χ3v) is 9.43. The van der Waals surface area contributed by atoms with Crippen molar-refractivity contribution in [3.63, 3.8) is 0 Å². The van der Waals surface area contributed by atoms with E-state index < -0.39 is 58.9 Å². The van der Waals surface area contributed by atoms with E-state index in [1.165, 1.54) is 21.1 Å². The van der Waals surface area contributed by atoms with Gasteiger partial charge in [-0.2, -0.15) is 0 Å². The minimum Gasteiger partial charge on any atom is -0.469 e. The van der Waals surface area contributed by atoms with Crippen LogP contribution in [0.3, 0.4) is 0 Å². The molecule has 0 amide bonds. The molecule has 0 aromatic heterocycles. The molecule has 1 unspecified atom stereocenters. The average molecular weight is 483 g/mol. The lowest BCUT2D eigenvalue weighted by Gasteiger charge is -2.56. The van der Waals surface area contributed by atoms with Gasteiger partial charge in [0.2, 0.25) is 0 Å². The van der Waals surface area contributed by atoms with Crippen molar-refractivity contribution in [3.05, 3.63) is 0 Å². The zero-order chi connectivity index (χ0) is 25.1. The molecule has 9 atom stereocenters. The molecule has 4 fully saturated rings. The highest BCUT2D eigenvalue weighted by Crippen LogP contribution is 2.73. The number of methoxy groups -OCH3 is 2. The van der Waals surface area contributed by atoms with E-state index in [-0.39, 0.29) is 43.3 Å². The normalized spacial score (nSPS) is 43.6. The summed E-state index contributed by atoms with van der Waals surface area (Å²) in [6.07, 6.45) is -0.594. The summed E-state index contributed by atoms with van der Waals surface area (Å²) in [6.45, 7) is 5.62. The molecule has 1 spiro atoms. The Balaban J connectivity index is 1.87. The minimum atomic E-state index is -1.01. The van der Waals surface area contributed by atoms with E-state index in [1.807, 2.05) is 0 Å². The molecule has 0 aromatic rings. The SMILES string of the molecule is COC[C@@H](C(=O)OC)[C@@H]1C[C@H](O)C2[C@@]3(CC(=O)OC[C@]24[C@@H](OC(C)=O)CCC(C)(C)[C@H]4[C@@H]3O)C1. The average Bonchev–Trinajstić information content (AvgIpc) is 2.89. The Bertz CT molecular complexity index is 840. The van der Waals surface area contributed by atoms with Gasteiger partial charge in [0.25, 0.3) is 0 Å². The molecular weight excluding hydrogens is 444 g/mol. The molecule has 1 aliphatic heterocycles. The van der Waals surface area contributed by atoms with Crippen LogP contribution in [0.5, 0.6) is 0 Å². The number of carbonyl (C=O) groups is 3. The van der Waals surface area contributed by atoms with Crippen molar-refractivity contribution < 1.29 is 43.5 Å². The van der Waals surface area contributed by atoms with Crippen molar-refractivity contribution in [1.29, 1.82) is 0 Å². The summed E-state index contributed by atoms with van der Waals surface area (Å²) in [4.78, 5) is 37.6. The third kappa shape index (κ3) is 3.57. The molecule has 2 bridgehead atoms. The van der Waals surface area contributed by atoms with Crippen molar-refractivity contribution >= 4 is 17.9 Å².